The number of aryl methyl sites for hydroxylation is 2. The maximum absolute atomic E-state index is 15.3. The van der Waals surface area contributed by atoms with Crippen molar-refractivity contribution in [2.45, 2.75) is 46.1 Å². The molecule has 40 heavy (non-hydrogen) atoms. The summed E-state index contributed by atoms with van der Waals surface area (Å²) in [7, 11) is 0. The lowest BCUT2D eigenvalue weighted by atomic mass is 10.0. The maximum atomic E-state index is 15.3. The van der Waals surface area contributed by atoms with Gasteiger partial charge in [0.2, 0.25) is 0 Å². The summed E-state index contributed by atoms with van der Waals surface area (Å²) in [5.74, 6) is -0.499. The van der Waals surface area contributed by atoms with Gasteiger partial charge in [0.25, 0.3) is 0 Å². The van der Waals surface area contributed by atoms with Crippen LogP contribution in [0.3, 0.4) is 0 Å². The van der Waals surface area contributed by atoms with Crippen molar-refractivity contribution in [3.8, 4) is 5.75 Å². The van der Waals surface area contributed by atoms with Crippen LogP contribution in [0, 0.1) is 11.6 Å². The molecule has 1 atom stereocenters. The average molecular weight is 567 g/mol. The molecule has 1 saturated heterocycles. The van der Waals surface area contributed by atoms with Gasteiger partial charge in [-0.1, -0.05) is 24.6 Å². The van der Waals surface area contributed by atoms with Crippen LogP contribution in [0.2, 0.25) is 5.02 Å². The number of hydrogen-bond acceptors (Lipinski definition) is 5. The lowest BCUT2D eigenvalue weighted by Gasteiger charge is -2.42. The van der Waals surface area contributed by atoms with Crippen LogP contribution < -0.4 is 14.5 Å². The number of rotatable bonds is 9. The lowest BCUT2D eigenvalue weighted by Crippen LogP contribution is -2.52. The fraction of sp³-hybridized carbons (Fsp3) is 0.355. The second kappa shape index (κ2) is 11.8. The van der Waals surface area contributed by atoms with E-state index in [9.17, 15) is 9.18 Å². The first-order valence-electron chi connectivity index (χ1n) is 13.7. The molecule has 1 aliphatic heterocycles. The van der Waals surface area contributed by atoms with Crippen molar-refractivity contribution in [3.05, 3.63) is 88.3 Å². The molecular formula is C31H33ClF2N4O2. The van der Waals surface area contributed by atoms with Gasteiger partial charge in [0.05, 0.1) is 23.0 Å². The molecule has 2 aromatic heterocycles. The topological polar surface area (TPSA) is 50.1 Å². The Kier molecular flexibility index (Phi) is 8.26. The molecule has 0 saturated carbocycles. The fourth-order valence-corrected chi connectivity index (χ4v) is 5.61. The van der Waals surface area contributed by atoms with Gasteiger partial charge in [0, 0.05) is 50.0 Å². The molecule has 210 valence electrons. The summed E-state index contributed by atoms with van der Waals surface area (Å²) >= 11 is 6.16. The minimum atomic E-state index is -0.384. The molecule has 6 nitrogen and oxygen atoms in total. The Labute approximate surface area is 238 Å². The standard InChI is InChI=1S/C31H33ClF2N4O2/c1-4-26-31(38-19-22(32)8-13-30(38)35-26)28(39)11-7-21-6-10-27(24(33)16-21)36-14-15-37(20(3)18-36)23-9-12-29(40-5-2)25(34)17-23/h6,8-10,12-13,16-17,19-20H,4-5,7,11,14-15,18H2,1-3H3/t20-/m0/s1. The normalized spacial score (nSPS) is 15.6. The van der Waals surface area contributed by atoms with Gasteiger partial charge in [0.15, 0.2) is 17.3 Å². The molecule has 0 spiro atoms. The predicted octanol–water partition coefficient (Wildman–Crippen LogP) is 6.76. The molecule has 2 aromatic carbocycles. The average Bonchev–Trinajstić information content (AvgIpc) is 3.31. The molecule has 0 radical (unpaired) electrons. The van der Waals surface area contributed by atoms with Crippen LogP contribution in [-0.2, 0) is 12.8 Å². The van der Waals surface area contributed by atoms with Gasteiger partial charge in [-0.2, -0.15) is 0 Å². The third-order valence-electron chi connectivity index (χ3n) is 7.42. The van der Waals surface area contributed by atoms with Gasteiger partial charge in [-0.05, 0) is 68.7 Å². The minimum Gasteiger partial charge on any atom is -0.491 e. The van der Waals surface area contributed by atoms with Crippen LogP contribution >= 0.6 is 11.6 Å². The van der Waals surface area contributed by atoms with E-state index in [4.69, 9.17) is 16.3 Å². The number of carbonyl (C=O) groups excluding carboxylic acids is 1. The molecule has 0 bridgehead atoms. The summed E-state index contributed by atoms with van der Waals surface area (Å²) in [6.45, 7) is 8.07. The summed E-state index contributed by atoms with van der Waals surface area (Å²) < 4.78 is 36.8. The number of imidazole rings is 1. The summed E-state index contributed by atoms with van der Waals surface area (Å²) in [5, 5.41) is 0.529. The smallest absolute Gasteiger partial charge is 0.181 e. The zero-order valence-electron chi connectivity index (χ0n) is 23.0. The van der Waals surface area contributed by atoms with Crippen molar-refractivity contribution in [1.82, 2.24) is 9.38 Å². The van der Waals surface area contributed by atoms with Crippen LogP contribution in [0.1, 0.15) is 48.9 Å². The van der Waals surface area contributed by atoms with Gasteiger partial charge in [-0.25, -0.2) is 13.8 Å². The maximum Gasteiger partial charge on any atom is 0.181 e. The first-order valence-corrected chi connectivity index (χ1v) is 14.1. The highest BCUT2D eigenvalue weighted by atomic mass is 35.5. The van der Waals surface area contributed by atoms with Crippen molar-refractivity contribution in [2.24, 2.45) is 0 Å². The fourth-order valence-electron chi connectivity index (χ4n) is 5.45. The number of pyridine rings is 1. The van der Waals surface area contributed by atoms with E-state index in [0.717, 1.165) is 16.9 Å². The van der Waals surface area contributed by atoms with Crippen molar-refractivity contribution in [1.29, 1.82) is 0 Å². The number of benzene rings is 2. The highest BCUT2D eigenvalue weighted by Gasteiger charge is 2.26. The second-order valence-corrected chi connectivity index (χ2v) is 10.5. The molecule has 0 aliphatic carbocycles. The zero-order chi connectivity index (χ0) is 28.4. The molecule has 4 aromatic rings. The minimum absolute atomic E-state index is 0.0493. The van der Waals surface area contributed by atoms with Crippen molar-refractivity contribution >= 4 is 34.4 Å². The number of fused-ring (bicyclic) bond motifs is 1. The SMILES string of the molecule is CCOc1ccc(N2CCN(c3ccc(CCC(=O)c4c(CC)nc5ccc(Cl)cn45)cc3F)C[C@@H]2C)cc1F. The predicted molar refractivity (Wildman–Crippen MR) is 155 cm³/mol. The Bertz CT molecular complexity index is 1540. The van der Waals surface area contributed by atoms with Crippen LogP contribution in [-0.4, -0.2) is 47.5 Å². The van der Waals surface area contributed by atoms with E-state index >= 15 is 4.39 Å². The molecule has 5 rings (SSSR count). The number of anilines is 2. The van der Waals surface area contributed by atoms with E-state index in [2.05, 4.69) is 16.8 Å². The van der Waals surface area contributed by atoms with Crippen LogP contribution in [0.15, 0.2) is 54.7 Å². The molecule has 9 heteroatoms. The van der Waals surface area contributed by atoms with Gasteiger partial charge in [-0.15, -0.1) is 0 Å². The second-order valence-electron chi connectivity index (χ2n) is 10.1. The Balaban J connectivity index is 1.24. The van der Waals surface area contributed by atoms with E-state index < -0.39 is 0 Å². The number of hydrogen-bond donors (Lipinski definition) is 0. The summed E-state index contributed by atoms with van der Waals surface area (Å²) in [5.41, 5.74) is 4.03. The van der Waals surface area contributed by atoms with Gasteiger partial charge in [0.1, 0.15) is 17.2 Å². The first-order chi connectivity index (χ1) is 19.3. The number of piperazine rings is 1. The van der Waals surface area contributed by atoms with Crippen LogP contribution in [0.4, 0.5) is 20.2 Å². The molecular weight excluding hydrogens is 534 g/mol. The highest BCUT2D eigenvalue weighted by molar-refractivity contribution is 6.30. The Morgan fingerprint density at radius 3 is 2.60 bits per heavy atom. The van der Waals surface area contributed by atoms with E-state index in [0.29, 0.717) is 61.1 Å². The molecule has 1 aliphatic rings. The number of nitrogens with zero attached hydrogens (tertiary/aromatic N) is 4. The zero-order valence-corrected chi connectivity index (χ0v) is 23.7. The van der Waals surface area contributed by atoms with Crippen molar-refractivity contribution in [2.75, 3.05) is 36.0 Å². The van der Waals surface area contributed by atoms with E-state index in [1.54, 1.807) is 34.9 Å². The Morgan fingerprint density at radius 1 is 1.07 bits per heavy atom. The van der Waals surface area contributed by atoms with Crippen LogP contribution in [0.25, 0.3) is 5.65 Å². The molecule has 0 amide bonds. The largest absolute Gasteiger partial charge is 0.491 e. The van der Waals surface area contributed by atoms with Gasteiger partial charge >= 0.3 is 0 Å². The van der Waals surface area contributed by atoms with E-state index in [1.165, 1.54) is 12.1 Å². The van der Waals surface area contributed by atoms with Gasteiger partial charge < -0.3 is 14.5 Å². The first kappa shape index (κ1) is 27.9. The molecule has 3 heterocycles. The molecule has 0 unspecified atom stereocenters. The summed E-state index contributed by atoms with van der Waals surface area (Å²) in [6, 6.07) is 13.8. The quantitative estimate of drug-likeness (QED) is 0.210. The van der Waals surface area contributed by atoms with Gasteiger partial charge in [-0.3, -0.25) is 9.20 Å². The van der Waals surface area contributed by atoms with Crippen LogP contribution in [0.5, 0.6) is 5.75 Å². The van der Waals surface area contributed by atoms with Crippen molar-refractivity contribution in [3.63, 3.8) is 0 Å². The summed E-state index contributed by atoms with van der Waals surface area (Å²) in [4.78, 5) is 21.9. The Morgan fingerprint density at radius 2 is 1.90 bits per heavy atom. The number of aromatic nitrogens is 2. The number of carbonyl (C=O) groups is 1. The Hall–Kier alpha value is -3.65. The third kappa shape index (κ3) is 5.63. The number of ketones is 1. The summed E-state index contributed by atoms with van der Waals surface area (Å²) in [6.07, 6.45) is 2.99. The lowest BCUT2D eigenvalue weighted by molar-refractivity contribution is 0.0976. The number of halogens is 3. The molecule has 0 N–H and O–H groups in total. The highest BCUT2D eigenvalue weighted by Crippen LogP contribution is 2.30. The molecule has 1 fully saturated rings. The number of ether oxygens (including phenoxy) is 1. The van der Waals surface area contributed by atoms with E-state index in [1.807, 2.05) is 30.9 Å². The third-order valence-corrected chi connectivity index (χ3v) is 7.65. The monoisotopic (exact) mass is 566 g/mol. The van der Waals surface area contributed by atoms with Crippen molar-refractivity contribution < 1.29 is 18.3 Å². The van der Waals surface area contributed by atoms with E-state index in [-0.39, 0.29) is 35.6 Å². The number of Topliss-reactive ketones (excluding diaryl/α,β-unsaturated/α-hetero) is 1.